The molecule has 1 rings (SSSR count). The number of hydrogen-bond donors (Lipinski definition) is 2. The van der Waals surface area contributed by atoms with Crippen LogP contribution in [0.1, 0.15) is 74.3 Å². The summed E-state index contributed by atoms with van der Waals surface area (Å²) >= 11 is 0. The first-order chi connectivity index (χ1) is 19.0. The van der Waals surface area contributed by atoms with Gasteiger partial charge >= 0.3 is 24.4 Å². The lowest BCUT2D eigenvalue weighted by atomic mass is 9.99. The molecule has 12 heteroatoms. The van der Waals surface area contributed by atoms with E-state index in [0.29, 0.717) is 6.42 Å². The van der Waals surface area contributed by atoms with Crippen LogP contribution in [0.5, 0.6) is 11.5 Å². The van der Waals surface area contributed by atoms with Crippen LogP contribution in [0, 0.1) is 17.3 Å². The van der Waals surface area contributed by atoms with Gasteiger partial charge in [0.2, 0.25) is 0 Å². The average Bonchev–Trinajstić information content (AvgIpc) is 2.85. The summed E-state index contributed by atoms with van der Waals surface area (Å²) < 4.78 is 31.2. The van der Waals surface area contributed by atoms with Gasteiger partial charge in [0.1, 0.15) is 0 Å². The number of carboxylic acids is 1. The molecular formula is C29H45NO11. The quantitative estimate of drug-likeness (QED) is 0.115. The number of aliphatic carboxylic acids is 1. The van der Waals surface area contributed by atoms with E-state index in [1.807, 2.05) is 55.4 Å². The minimum Gasteiger partial charge on any atom is -0.477 e. The van der Waals surface area contributed by atoms with E-state index in [1.54, 1.807) is 6.92 Å². The number of ether oxygens (including phenoxy) is 6. The van der Waals surface area contributed by atoms with E-state index in [-0.39, 0.29) is 60.2 Å². The fourth-order valence-electron chi connectivity index (χ4n) is 3.07. The third kappa shape index (κ3) is 13.6. The highest BCUT2D eigenvalue weighted by molar-refractivity contribution is 5.80. The second-order valence-electron chi connectivity index (χ2n) is 11.9. The molecule has 0 heterocycles. The van der Waals surface area contributed by atoms with E-state index in [1.165, 1.54) is 18.2 Å². The maximum atomic E-state index is 12.6. The number of rotatable bonds is 14. The van der Waals surface area contributed by atoms with Gasteiger partial charge in [-0.05, 0) is 48.3 Å². The Morgan fingerprint density at radius 3 is 1.83 bits per heavy atom. The van der Waals surface area contributed by atoms with Gasteiger partial charge in [0.15, 0.2) is 11.5 Å². The standard InChI is InChI=1S/C29H45NO11/c1-10-20(6)30-29(24(31)32,41-27(35)38-17-28(7,8)9)14-21-11-12-22(39-25(33)36-15-18(2)3)23(13-21)40-26(34)37-16-19(4)5/h11-13,18-20,30H,10,14-17H2,1-9H3,(H,31,32)/t20?,29-/m0/s1. The molecule has 12 nitrogen and oxygen atoms in total. The van der Waals surface area contributed by atoms with Gasteiger partial charge in [0.05, 0.1) is 19.8 Å². The topological polar surface area (TPSA) is 156 Å². The zero-order valence-electron chi connectivity index (χ0n) is 25.5. The van der Waals surface area contributed by atoms with Gasteiger partial charge in [0.25, 0.3) is 5.72 Å². The molecule has 0 saturated heterocycles. The molecule has 0 amide bonds. The Kier molecular flexibility index (Phi) is 13.9. The molecule has 232 valence electrons. The molecule has 0 fully saturated rings. The van der Waals surface area contributed by atoms with Crippen LogP contribution in [0.4, 0.5) is 14.4 Å². The molecule has 0 aromatic heterocycles. The summed E-state index contributed by atoms with van der Waals surface area (Å²) in [4.78, 5) is 49.7. The number of carbonyl (C=O) groups is 4. The number of nitrogens with one attached hydrogen (secondary N) is 1. The lowest BCUT2D eigenvalue weighted by Crippen LogP contribution is -2.59. The maximum Gasteiger partial charge on any atom is 0.513 e. The number of carboxylic acid groups (broad SMARTS) is 1. The predicted molar refractivity (Wildman–Crippen MR) is 149 cm³/mol. The first kappa shape index (κ1) is 35.5. The van der Waals surface area contributed by atoms with Gasteiger partial charge < -0.3 is 33.5 Å². The molecule has 1 aromatic carbocycles. The summed E-state index contributed by atoms with van der Waals surface area (Å²) in [6.45, 7) is 16.7. The molecule has 2 N–H and O–H groups in total. The third-order valence-corrected chi connectivity index (χ3v) is 5.23. The van der Waals surface area contributed by atoms with E-state index in [2.05, 4.69) is 5.32 Å². The minimum atomic E-state index is -2.24. The van der Waals surface area contributed by atoms with Crippen molar-refractivity contribution in [1.29, 1.82) is 0 Å². The van der Waals surface area contributed by atoms with Crippen LogP contribution in [-0.4, -0.2) is 61.1 Å². The van der Waals surface area contributed by atoms with E-state index >= 15 is 0 Å². The van der Waals surface area contributed by atoms with Crippen molar-refractivity contribution in [2.24, 2.45) is 17.3 Å². The van der Waals surface area contributed by atoms with Crippen LogP contribution in [-0.2, 0) is 30.2 Å². The van der Waals surface area contributed by atoms with Crippen molar-refractivity contribution in [3.8, 4) is 11.5 Å². The van der Waals surface area contributed by atoms with Crippen molar-refractivity contribution in [3.63, 3.8) is 0 Å². The van der Waals surface area contributed by atoms with Crippen LogP contribution in [0.15, 0.2) is 18.2 Å². The SMILES string of the molecule is CCC(C)N[C@@](Cc1ccc(OC(=O)OCC(C)C)c(OC(=O)OCC(C)C)c1)(OC(=O)OCC(C)(C)C)C(=O)O. The molecule has 1 unspecified atom stereocenters. The van der Waals surface area contributed by atoms with E-state index in [9.17, 15) is 24.3 Å². The summed E-state index contributed by atoms with van der Waals surface area (Å²) in [6, 6.07) is 3.67. The molecule has 0 aliphatic rings. The highest BCUT2D eigenvalue weighted by atomic mass is 16.8. The van der Waals surface area contributed by atoms with Crippen molar-refractivity contribution in [3.05, 3.63) is 23.8 Å². The Morgan fingerprint density at radius 2 is 1.37 bits per heavy atom. The molecule has 0 radical (unpaired) electrons. The van der Waals surface area contributed by atoms with Gasteiger partial charge in [-0.2, -0.15) is 0 Å². The Labute approximate surface area is 241 Å². The second kappa shape index (κ2) is 16.0. The van der Waals surface area contributed by atoms with Gasteiger partial charge in [-0.1, -0.05) is 61.5 Å². The lowest BCUT2D eigenvalue weighted by Gasteiger charge is -2.33. The van der Waals surface area contributed by atoms with E-state index < -0.39 is 36.6 Å². The molecule has 1 aromatic rings. The molecule has 41 heavy (non-hydrogen) atoms. The molecule has 0 spiro atoms. The fourth-order valence-corrected chi connectivity index (χ4v) is 3.07. The molecular weight excluding hydrogens is 538 g/mol. The average molecular weight is 584 g/mol. The molecule has 2 atom stereocenters. The first-order valence-corrected chi connectivity index (χ1v) is 13.6. The van der Waals surface area contributed by atoms with Gasteiger partial charge in [-0.15, -0.1) is 0 Å². The van der Waals surface area contributed by atoms with E-state index in [4.69, 9.17) is 28.4 Å². The maximum absolute atomic E-state index is 12.6. The summed E-state index contributed by atoms with van der Waals surface area (Å²) in [5.74, 6) is -1.76. The van der Waals surface area contributed by atoms with Crippen molar-refractivity contribution in [2.75, 3.05) is 19.8 Å². The zero-order chi connectivity index (χ0) is 31.4. The highest BCUT2D eigenvalue weighted by Crippen LogP contribution is 2.32. The number of benzene rings is 1. The van der Waals surface area contributed by atoms with E-state index in [0.717, 1.165) is 0 Å². The Bertz CT molecular complexity index is 1030. The minimum absolute atomic E-state index is 0.000283. The smallest absolute Gasteiger partial charge is 0.477 e. The molecule has 0 aliphatic heterocycles. The largest absolute Gasteiger partial charge is 0.513 e. The van der Waals surface area contributed by atoms with Gasteiger partial charge in [-0.25, -0.2) is 19.2 Å². The Hall–Kier alpha value is -3.54. The predicted octanol–water partition coefficient (Wildman–Crippen LogP) is 5.94. The Morgan fingerprint density at radius 1 is 0.829 bits per heavy atom. The van der Waals surface area contributed by atoms with Crippen LogP contribution in [0.3, 0.4) is 0 Å². The van der Waals surface area contributed by atoms with Crippen LogP contribution < -0.4 is 14.8 Å². The summed E-state index contributed by atoms with van der Waals surface area (Å²) in [6.07, 6.45) is -3.11. The number of hydrogen-bond acceptors (Lipinski definition) is 11. The summed E-state index contributed by atoms with van der Waals surface area (Å²) in [5, 5.41) is 13.1. The van der Waals surface area contributed by atoms with Crippen LogP contribution in [0.25, 0.3) is 0 Å². The van der Waals surface area contributed by atoms with Gasteiger partial charge in [-0.3, -0.25) is 5.32 Å². The monoisotopic (exact) mass is 583 g/mol. The molecule has 0 bridgehead atoms. The highest BCUT2D eigenvalue weighted by Gasteiger charge is 2.45. The van der Waals surface area contributed by atoms with Crippen LogP contribution in [0.2, 0.25) is 0 Å². The van der Waals surface area contributed by atoms with Gasteiger partial charge in [0, 0.05) is 12.5 Å². The molecule has 0 aliphatic carbocycles. The number of carbonyl (C=O) groups excluding carboxylic acids is 3. The first-order valence-electron chi connectivity index (χ1n) is 13.6. The second-order valence-corrected chi connectivity index (χ2v) is 11.9. The van der Waals surface area contributed by atoms with Crippen LogP contribution >= 0.6 is 0 Å². The summed E-state index contributed by atoms with van der Waals surface area (Å²) in [7, 11) is 0. The third-order valence-electron chi connectivity index (χ3n) is 5.23. The fraction of sp³-hybridized carbons (Fsp3) is 0.655. The van der Waals surface area contributed by atoms with Crippen molar-refractivity contribution in [1.82, 2.24) is 5.32 Å². The zero-order valence-corrected chi connectivity index (χ0v) is 25.5. The van der Waals surface area contributed by atoms with Crippen molar-refractivity contribution < 1.29 is 52.7 Å². The lowest BCUT2D eigenvalue weighted by molar-refractivity contribution is -0.167. The van der Waals surface area contributed by atoms with Crippen molar-refractivity contribution >= 4 is 24.4 Å². The normalized spacial score (nSPS) is 13.6. The molecule has 0 saturated carbocycles. The van der Waals surface area contributed by atoms with Crippen molar-refractivity contribution in [2.45, 2.75) is 86.9 Å². The summed E-state index contributed by atoms with van der Waals surface area (Å²) in [5.41, 5.74) is -2.35. The Balaban J connectivity index is 3.41.